The molecule has 0 saturated carbocycles. The zero-order chi connectivity index (χ0) is 12.3. The fourth-order valence-electron chi connectivity index (χ4n) is 1.94. The van der Waals surface area contributed by atoms with Crippen molar-refractivity contribution in [2.75, 3.05) is 26.2 Å². The summed E-state index contributed by atoms with van der Waals surface area (Å²) in [5.41, 5.74) is 6.51. The van der Waals surface area contributed by atoms with E-state index in [0.717, 1.165) is 13.1 Å². The first-order valence-corrected chi connectivity index (χ1v) is 5.63. The first-order valence-electron chi connectivity index (χ1n) is 5.63. The normalized spacial score (nSPS) is 15.6. The van der Waals surface area contributed by atoms with E-state index in [9.17, 15) is 4.79 Å². The summed E-state index contributed by atoms with van der Waals surface area (Å²) in [5.74, 6) is -0.110. The molecule has 17 heavy (non-hydrogen) atoms. The van der Waals surface area contributed by atoms with E-state index in [1.165, 1.54) is 0 Å². The number of benzene rings is 1. The van der Waals surface area contributed by atoms with E-state index < -0.39 is 0 Å². The van der Waals surface area contributed by atoms with Gasteiger partial charge in [0.15, 0.2) is 0 Å². The summed E-state index contributed by atoms with van der Waals surface area (Å²) in [4.78, 5) is 14.1. The van der Waals surface area contributed by atoms with Crippen molar-refractivity contribution in [1.82, 2.24) is 10.2 Å². The minimum Gasteiger partial charge on any atom is -0.384 e. The number of hydrogen-bond acceptors (Lipinski definition) is 3. The number of amidine groups is 1. The molecule has 1 aromatic rings. The second kappa shape index (κ2) is 4.97. The van der Waals surface area contributed by atoms with Gasteiger partial charge in [0.2, 0.25) is 0 Å². The Morgan fingerprint density at radius 2 is 1.82 bits per heavy atom. The topological polar surface area (TPSA) is 82.2 Å². The van der Waals surface area contributed by atoms with Crippen LogP contribution in [-0.4, -0.2) is 42.8 Å². The van der Waals surface area contributed by atoms with E-state index in [-0.39, 0.29) is 11.7 Å². The van der Waals surface area contributed by atoms with Gasteiger partial charge < -0.3 is 16.0 Å². The molecule has 1 aliphatic heterocycles. The molecule has 5 heteroatoms. The molecule has 0 radical (unpaired) electrons. The van der Waals surface area contributed by atoms with Crippen LogP contribution >= 0.6 is 0 Å². The van der Waals surface area contributed by atoms with E-state index in [0.29, 0.717) is 24.2 Å². The largest absolute Gasteiger partial charge is 0.384 e. The number of nitrogens with one attached hydrogen (secondary N) is 2. The van der Waals surface area contributed by atoms with E-state index in [1.54, 1.807) is 29.2 Å². The van der Waals surface area contributed by atoms with Gasteiger partial charge in [0.1, 0.15) is 5.84 Å². The molecule has 90 valence electrons. The zero-order valence-electron chi connectivity index (χ0n) is 9.57. The number of amides is 1. The lowest BCUT2D eigenvalue weighted by Gasteiger charge is -2.28. The van der Waals surface area contributed by atoms with Crippen molar-refractivity contribution in [2.24, 2.45) is 5.73 Å². The molecule has 0 spiro atoms. The van der Waals surface area contributed by atoms with Gasteiger partial charge in [0.05, 0.1) is 5.56 Å². The Balaban J connectivity index is 2.26. The summed E-state index contributed by atoms with van der Waals surface area (Å²) in [6, 6.07) is 7.01. The minimum absolute atomic E-state index is 0.0442. The minimum atomic E-state index is -0.0657. The fraction of sp³-hybridized carbons (Fsp3) is 0.333. The zero-order valence-corrected chi connectivity index (χ0v) is 9.57. The summed E-state index contributed by atoms with van der Waals surface area (Å²) in [6.45, 7) is 3.03. The maximum absolute atomic E-state index is 12.3. The van der Waals surface area contributed by atoms with Crippen LogP contribution in [0.3, 0.4) is 0 Å². The Kier molecular flexibility index (Phi) is 3.39. The van der Waals surface area contributed by atoms with Gasteiger partial charge >= 0.3 is 0 Å². The third kappa shape index (κ3) is 2.45. The van der Waals surface area contributed by atoms with Crippen molar-refractivity contribution in [3.63, 3.8) is 0 Å². The maximum Gasteiger partial charge on any atom is 0.254 e. The number of carbonyl (C=O) groups excluding carboxylic acids is 1. The molecular weight excluding hydrogens is 216 g/mol. The number of nitrogen functional groups attached to an aromatic ring is 1. The monoisotopic (exact) mass is 232 g/mol. The molecule has 2 rings (SSSR count). The summed E-state index contributed by atoms with van der Waals surface area (Å²) in [7, 11) is 0. The van der Waals surface area contributed by atoms with Crippen molar-refractivity contribution in [2.45, 2.75) is 0 Å². The lowest BCUT2D eigenvalue weighted by atomic mass is 10.1. The predicted molar refractivity (Wildman–Crippen MR) is 66.2 cm³/mol. The van der Waals surface area contributed by atoms with Crippen LogP contribution in [0, 0.1) is 5.41 Å². The average molecular weight is 232 g/mol. The molecule has 4 N–H and O–H groups in total. The van der Waals surface area contributed by atoms with Crippen LogP contribution < -0.4 is 11.1 Å². The summed E-state index contributed by atoms with van der Waals surface area (Å²) in [5, 5.41) is 10.7. The molecule has 1 heterocycles. The van der Waals surface area contributed by atoms with Gasteiger partial charge in [-0.25, -0.2) is 0 Å². The van der Waals surface area contributed by atoms with Crippen LogP contribution in [-0.2, 0) is 0 Å². The van der Waals surface area contributed by atoms with Crippen molar-refractivity contribution in [3.05, 3.63) is 35.4 Å². The molecular formula is C12H16N4O. The third-order valence-electron chi connectivity index (χ3n) is 2.85. The Hall–Kier alpha value is -1.88. The van der Waals surface area contributed by atoms with Crippen LogP contribution in [0.1, 0.15) is 15.9 Å². The van der Waals surface area contributed by atoms with E-state index >= 15 is 0 Å². The first-order chi connectivity index (χ1) is 8.20. The van der Waals surface area contributed by atoms with Gasteiger partial charge in [0, 0.05) is 31.7 Å². The predicted octanol–water partition coefficient (Wildman–Crippen LogP) is 0.0161. The van der Waals surface area contributed by atoms with Gasteiger partial charge in [-0.15, -0.1) is 0 Å². The third-order valence-corrected chi connectivity index (χ3v) is 2.85. The molecule has 1 amide bonds. The number of hydrogen-bond donors (Lipinski definition) is 3. The van der Waals surface area contributed by atoms with Crippen LogP contribution in [0.4, 0.5) is 0 Å². The van der Waals surface area contributed by atoms with Crippen molar-refractivity contribution < 1.29 is 4.79 Å². The molecule has 1 aliphatic rings. The highest BCUT2D eigenvalue weighted by atomic mass is 16.2. The second-order valence-corrected chi connectivity index (χ2v) is 4.00. The highest BCUT2D eigenvalue weighted by molar-refractivity contribution is 6.07. The average Bonchev–Trinajstić information content (AvgIpc) is 2.39. The van der Waals surface area contributed by atoms with E-state index in [2.05, 4.69) is 5.32 Å². The number of nitrogens with zero attached hydrogens (tertiary/aromatic N) is 1. The Morgan fingerprint density at radius 3 is 2.41 bits per heavy atom. The number of carbonyl (C=O) groups is 1. The number of rotatable bonds is 2. The van der Waals surface area contributed by atoms with Crippen molar-refractivity contribution >= 4 is 11.7 Å². The molecule has 5 nitrogen and oxygen atoms in total. The second-order valence-electron chi connectivity index (χ2n) is 4.00. The van der Waals surface area contributed by atoms with Gasteiger partial charge in [0.25, 0.3) is 5.91 Å². The summed E-state index contributed by atoms with van der Waals surface area (Å²) in [6.07, 6.45) is 0. The smallest absolute Gasteiger partial charge is 0.254 e. The van der Waals surface area contributed by atoms with Crippen LogP contribution in [0.2, 0.25) is 0 Å². The van der Waals surface area contributed by atoms with E-state index in [1.807, 2.05) is 0 Å². The summed E-state index contributed by atoms with van der Waals surface area (Å²) >= 11 is 0. The van der Waals surface area contributed by atoms with Gasteiger partial charge in [-0.1, -0.05) is 18.2 Å². The van der Waals surface area contributed by atoms with Crippen LogP contribution in [0.15, 0.2) is 24.3 Å². The molecule has 1 fully saturated rings. The molecule has 0 atom stereocenters. The Bertz CT molecular complexity index is 438. The molecule has 0 bridgehead atoms. The molecule has 1 aromatic carbocycles. The first kappa shape index (κ1) is 11.6. The highest BCUT2D eigenvalue weighted by Crippen LogP contribution is 2.11. The van der Waals surface area contributed by atoms with Crippen molar-refractivity contribution in [3.8, 4) is 0 Å². The van der Waals surface area contributed by atoms with Crippen LogP contribution in [0.25, 0.3) is 0 Å². The molecule has 0 aromatic heterocycles. The maximum atomic E-state index is 12.3. The Morgan fingerprint density at radius 1 is 1.24 bits per heavy atom. The fourth-order valence-corrected chi connectivity index (χ4v) is 1.94. The van der Waals surface area contributed by atoms with E-state index in [4.69, 9.17) is 11.1 Å². The van der Waals surface area contributed by atoms with Crippen LogP contribution in [0.5, 0.6) is 0 Å². The van der Waals surface area contributed by atoms with Gasteiger partial charge in [-0.2, -0.15) is 0 Å². The number of piperazine rings is 1. The SMILES string of the molecule is N=C(N)c1ccccc1C(=O)N1CCNCC1. The highest BCUT2D eigenvalue weighted by Gasteiger charge is 2.20. The molecule has 1 saturated heterocycles. The molecule has 0 unspecified atom stereocenters. The summed E-state index contributed by atoms with van der Waals surface area (Å²) < 4.78 is 0. The van der Waals surface area contributed by atoms with Gasteiger partial charge in [-0.05, 0) is 6.07 Å². The lowest BCUT2D eigenvalue weighted by molar-refractivity contribution is 0.0735. The molecule has 0 aliphatic carbocycles. The van der Waals surface area contributed by atoms with Gasteiger partial charge in [-0.3, -0.25) is 10.2 Å². The number of nitrogens with two attached hydrogens (primary N) is 1. The van der Waals surface area contributed by atoms with Crippen molar-refractivity contribution in [1.29, 1.82) is 5.41 Å². The Labute approximate surface area is 100 Å². The standard InChI is InChI=1S/C12H16N4O/c13-11(14)9-3-1-2-4-10(9)12(17)16-7-5-15-6-8-16/h1-4,15H,5-8H2,(H3,13,14). The quantitative estimate of drug-likeness (QED) is 0.496. The lowest BCUT2D eigenvalue weighted by Crippen LogP contribution is -2.46.